The number of hydrogen-bond acceptors (Lipinski definition) is 4. The molecule has 0 amide bonds. The van der Waals surface area contributed by atoms with Gasteiger partial charge in [0.05, 0.1) is 10.6 Å². The monoisotopic (exact) mass is 198 g/mol. The molecule has 72 valence electrons. The van der Waals surface area contributed by atoms with E-state index in [0.29, 0.717) is 5.75 Å². The summed E-state index contributed by atoms with van der Waals surface area (Å²) in [5, 5.41) is 2.85. The van der Waals surface area contributed by atoms with E-state index in [1.165, 1.54) is 0 Å². The Morgan fingerprint density at radius 3 is 2.69 bits per heavy atom. The molecule has 1 aliphatic rings. The van der Waals surface area contributed by atoms with Gasteiger partial charge in [-0.1, -0.05) is 0 Å². The molecule has 0 aromatic carbocycles. The van der Waals surface area contributed by atoms with Crippen LogP contribution in [0.1, 0.15) is 12.8 Å². The first kappa shape index (κ1) is 11.1. The third-order valence-electron chi connectivity index (χ3n) is 2.49. The highest BCUT2D eigenvalue weighted by molar-refractivity contribution is 8.01. The fourth-order valence-electron chi connectivity index (χ4n) is 1.50. The van der Waals surface area contributed by atoms with Gasteiger partial charge in [-0.05, 0) is 19.9 Å². The molecule has 1 heterocycles. The largest absolute Gasteiger partial charge is 0.353 e. The van der Waals surface area contributed by atoms with Gasteiger partial charge in [-0.2, -0.15) is 0 Å². The summed E-state index contributed by atoms with van der Waals surface area (Å²) >= 11 is 1.62. The first-order chi connectivity index (χ1) is 6.22. The van der Waals surface area contributed by atoms with Gasteiger partial charge in [0.25, 0.3) is 0 Å². The lowest BCUT2D eigenvalue weighted by molar-refractivity contribution is -0.105. The SMILES string of the molecule is [B]NC1(SCC=O)CCN(C)CC1. The van der Waals surface area contributed by atoms with Crippen molar-refractivity contribution in [1.29, 1.82) is 0 Å². The molecule has 3 nitrogen and oxygen atoms in total. The van der Waals surface area contributed by atoms with Crippen molar-refractivity contribution in [3.05, 3.63) is 0 Å². The quantitative estimate of drug-likeness (QED) is 0.392. The van der Waals surface area contributed by atoms with E-state index in [4.69, 9.17) is 7.98 Å². The van der Waals surface area contributed by atoms with Crippen molar-refractivity contribution >= 4 is 26.0 Å². The summed E-state index contributed by atoms with van der Waals surface area (Å²) in [6, 6.07) is 0. The molecule has 1 rings (SSSR count). The van der Waals surface area contributed by atoms with Crippen molar-refractivity contribution in [2.75, 3.05) is 25.9 Å². The minimum Gasteiger partial charge on any atom is -0.353 e. The Hall–Kier alpha value is 0.00494. The molecule has 0 atom stereocenters. The third kappa shape index (κ3) is 3.00. The maximum absolute atomic E-state index is 10.3. The van der Waals surface area contributed by atoms with Gasteiger partial charge in [-0.3, -0.25) is 0 Å². The number of rotatable bonds is 4. The maximum atomic E-state index is 10.3. The van der Waals surface area contributed by atoms with Crippen molar-refractivity contribution in [1.82, 2.24) is 10.1 Å². The summed E-state index contributed by atoms with van der Waals surface area (Å²) in [7, 11) is 7.62. The van der Waals surface area contributed by atoms with Crippen molar-refractivity contribution in [3.63, 3.8) is 0 Å². The number of thioether (sulfide) groups is 1. The standard InChI is InChI=1S/C8H15BN2OS/c1-11-4-2-8(10-9,3-5-11)13-7-6-12/h6,10H,2-5,7H2,1H3. The highest BCUT2D eigenvalue weighted by Gasteiger charge is 2.31. The van der Waals surface area contributed by atoms with Gasteiger partial charge < -0.3 is 14.9 Å². The van der Waals surface area contributed by atoms with Crippen molar-refractivity contribution in [3.8, 4) is 0 Å². The van der Waals surface area contributed by atoms with E-state index in [-0.39, 0.29) is 4.87 Å². The second-order valence-electron chi connectivity index (χ2n) is 3.42. The Bertz CT molecular complexity index is 172. The van der Waals surface area contributed by atoms with Crippen LogP contribution in [0.4, 0.5) is 0 Å². The molecular formula is C8H15BN2OS. The van der Waals surface area contributed by atoms with Crippen LogP contribution in [0, 0.1) is 0 Å². The van der Waals surface area contributed by atoms with Gasteiger partial charge in [0, 0.05) is 13.1 Å². The van der Waals surface area contributed by atoms with Crippen molar-refractivity contribution < 1.29 is 4.79 Å². The van der Waals surface area contributed by atoms with Gasteiger partial charge in [0.15, 0.2) is 7.98 Å². The number of likely N-dealkylation sites (tertiary alicyclic amines) is 1. The fourth-order valence-corrected chi connectivity index (χ4v) is 2.45. The van der Waals surface area contributed by atoms with E-state index in [2.05, 4.69) is 17.2 Å². The topological polar surface area (TPSA) is 32.3 Å². The van der Waals surface area contributed by atoms with Crippen molar-refractivity contribution in [2.45, 2.75) is 17.7 Å². The number of nitrogens with one attached hydrogen (secondary N) is 1. The number of piperidine rings is 1. The fraction of sp³-hybridized carbons (Fsp3) is 0.875. The van der Waals surface area contributed by atoms with Crippen LogP contribution in [-0.4, -0.2) is 49.9 Å². The zero-order valence-corrected chi connectivity index (χ0v) is 8.77. The maximum Gasteiger partial charge on any atom is 0.179 e. The van der Waals surface area contributed by atoms with Crippen LogP contribution >= 0.6 is 11.8 Å². The molecule has 0 aromatic rings. The highest BCUT2D eigenvalue weighted by Crippen LogP contribution is 2.32. The minimum atomic E-state index is -0.0760. The normalized spacial score (nSPS) is 22.8. The summed E-state index contributed by atoms with van der Waals surface area (Å²) in [5.74, 6) is 0.522. The third-order valence-corrected chi connectivity index (χ3v) is 3.87. The molecule has 1 saturated heterocycles. The molecule has 1 aliphatic heterocycles. The molecule has 0 aliphatic carbocycles. The second-order valence-corrected chi connectivity index (χ2v) is 4.82. The molecule has 2 radical (unpaired) electrons. The van der Waals surface area contributed by atoms with E-state index in [1.807, 2.05) is 0 Å². The Morgan fingerprint density at radius 2 is 2.23 bits per heavy atom. The molecule has 0 spiro atoms. The molecule has 1 fully saturated rings. The van der Waals surface area contributed by atoms with E-state index in [9.17, 15) is 4.79 Å². The lowest BCUT2D eigenvalue weighted by Gasteiger charge is -2.40. The predicted octanol–water partition coefficient (Wildman–Crippen LogP) is 0.0135. The average Bonchev–Trinajstić information content (AvgIpc) is 2.18. The van der Waals surface area contributed by atoms with E-state index in [1.54, 1.807) is 11.8 Å². The van der Waals surface area contributed by atoms with Crippen LogP contribution in [0.5, 0.6) is 0 Å². The molecule has 0 bridgehead atoms. The number of nitrogens with zero attached hydrogens (tertiary/aromatic N) is 1. The van der Waals surface area contributed by atoms with Crippen LogP contribution in [0.15, 0.2) is 0 Å². The second kappa shape index (κ2) is 5.03. The molecule has 5 heteroatoms. The first-order valence-electron chi connectivity index (χ1n) is 4.46. The van der Waals surface area contributed by atoms with Crippen LogP contribution < -0.4 is 5.23 Å². The Labute approximate surface area is 85.1 Å². The Kier molecular flexibility index (Phi) is 4.29. The Morgan fingerprint density at radius 1 is 1.62 bits per heavy atom. The molecule has 0 saturated carbocycles. The average molecular weight is 198 g/mol. The zero-order chi connectivity index (χ0) is 9.73. The van der Waals surface area contributed by atoms with E-state index in [0.717, 1.165) is 32.2 Å². The van der Waals surface area contributed by atoms with Crippen LogP contribution in [0.3, 0.4) is 0 Å². The summed E-state index contributed by atoms with van der Waals surface area (Å²) in [6.07, 6.45) is 2.93. The lowest BCUT2D eigenvalue weighted by atomic mass is 10.0. The number of hydrogen-bond donors (Lipinski definition) is 1. The van der Waals surface area contributed by atoms with Crippen LogP contribution in [0.25, 0.3) is 0 Å². The number of aldehydes is 1. The molecular weight excluding hydrogens is 183 g/mol. The van der Waals surface area contributed by atoms with Gasteiger partial charge in [-0.15, -0.1) is 11.8 Å². The van der Waals surface area contributed by atoms with E-state index < -0.39 is 0 Å². The van der Waals surface area contributed by atoms with Gasteiger partial charge in [-0.25, -0.2) is 0 Å². The van der Waals surface area contributed by atoms with E-state index >= 15 is 0 Å². The summed E-state index contributed by atoms with van der Waals surface area (Å²) in [6.45, 7) is 2.08. The summed E-state index contributed by atoms with van der Waals surface area (Å²) in [4.78, 5) is 12.5. The zero-order valence-electron chi connectivity index (χ0n) is 7.95. The summed E-state index contributed by atoms with van der Waals surface area (Å²) < 4.78 is 0. The number of carbonyl (C=O) groups excluding carboxylic acids is 1. The molecule has 13 heavy (non-hydrogen) atoms. The van der Waals surface area contributed by atoms with Crippen LogP contribution in [-0.2, 0) is 4.79 Å². The molecule has 1 N–H and O–H groups in total. The first-order valence-corrected chi connectivity index (χ1v) is 5.45. The van der Waals surface area contributed by atoms with Gasteiger partial charge >= 0.3 is 0 Å². The van der Waals surface area contributed by atoms with Gasteiger partial charge in [0.2, 0.25) is 0 Å². The van der Waals surface area contributed by atoms with Gasteiger partial charge in [0.1, 0.15) is 6.29 Å². The Balaban J connectivity index is 2.44. The lowest BCUT2D eigenvalue weighted by Crippen LogP contribution is -2.49. The molecule has 0 aromatic heterocycles. The summed E-state index contributed by atoms with van der Waals surface area (Å²) in [5.41, 5.74) is 0. The predicted molar refractivity (Wildman–Crippen MR) is 56.9 cm³/mol. The minimum absolute atomic E-state index is 0.0760. The number of carbonyl (C=O) groups is 1. The highest BCUT2D eigenvalue weighted by atomic mass is 32.2. The van der Waals surface area contributed by atoms with Crippen LogP contribution in [0.2, 0.25) is 0 Å². The smallest absolute Gasteiger partial charge is 0.179 e. The molecule has 0 unspecified atom stereocenters. The van der Waals surface area contributed by atoms with Crippen molar-refractivity contribution in [2.24, 2.45) is 0 Å².